The van der Waals surface area contributed by atoms with Crippen molar-refractivity contribution in [3.63, 3.8) is 0 Å². The molecular weight excluding hydrogens is 505 g/mol. The summed E-state index contributed by atoms with van der Waals surface area (Å²) in [5.74, 6) is 0.0277. The first-order valence-electron chi connectivity index (χ1n) is 10.7. The molecule has 34 heavy (non-hydrogen) atoms. The van der Waals surface area contributed by atoms with E-state index in [1.165, 1.54) is 22.0 Å². The molecule has 5 aromatic rings. The molecule has 5 heteroatoms. The number of nitriles is 1. The van der Waals surface area contributed by atoms with Crippen LogP contribution in [0.5, 0.6) is 0 Å². The lowest BCUT2D eigenvalue weighted by atomic mass is 10.1. The van der Waals surface area contributed by atoms with Gasteiger partial charge in [0, 0.05) is 6.07 Å². The zero-order valence-corrected chi connectivity index (χ0v) is 20.7. The fourth-order valence-corrected chi connectivity index (χ4v) is 8.63. The molecule has 0 unspecified atom stereocenters. The maximum Gasteiger partial charge on any atom is 0.207 e. The van der Waals surface area contributed by atoms with Crippen molar-refractivity contribution >= 4 is 34.1 Å². The molecule has 0 aliphatic rings. The van der Waals surface area contributed by atoms with Crippen LogP contribution in [0, 0.1) is 11.3 Å². The van der Waals surface area contributed by atoms with E-state index in [9.17, 15) is 10.1 Å². The Bertz CT molecular complexity index is 1410. The molecule has 0 N–H and O–H groups in total. The number of hydrogen-bond acceptors (Lipinski definition) is 3. The van der Waals surface area contributed by atoms with Crippen molar-refractivity contribution in [1.29, 1.82) is 5.26 Å². The van der Waals surface area contributed by atoms with Crippen molar-refractivity contribution in [2.75, 3.05) is 0 Å². The Hall–Kier alpha value is -3.51. The molecule has 0 spiro atoms. The molecule has 5 rings (SSSR count). The summed E-state index contributed by atoms with van der Waals surface area (Å²) in [6.45, 7) is 0. The zero-order valence-electron chi connectivity index (χ0n) is 18.3. The van der Waals surface area contributed by atoms with Crippen molar-refractivity contribution in [2.24, 2.45) is 0 Å². The summed E-state index contributed by atoms with van der Waals surface area (Å²) in [5, 5.41) is 13.6. The van der Waals surface area contributed by atoms with Gasteiger partial charge in [0.1, 0.15) is 34.8 Å². The van der Waals surface area contributed by atoms with Gasteiger partial charge in [0.25, 0.3) is 0 Å². The van der Waals surface area contributed by atoms with E-state index >= 15 is 0 Å². The van der Waals surface area contributed by atoms with Crippen LogP contribution in [0.4, 0.5) is 0 Å². The largest absolute Gasteiger partial charge is 1.00 e. The lowest BCUT2D eigenvalue weighted by Gasteiger charge is -2.27. The normalized spacial score (nSPS) is 10.9. The van der Waals surface area contributed by atoms with E-state index in [2.05, 4.69) is 72.8 Å². The maximum absolute atomic E-state index is 12.4. The molecule has 0 aliphatic heterocycles. The molecule has 1 aromatic heterocycles. The predicted octanol–water partition coefficient (Wildman–Crippen LogP) is 2.16. The quantitative estimate of drug-likeness (QED) is 0.330. The predicted molar refractivity (Wildman–Crippen MR) is 136 cm³/mol. The minimum atomic E-state index is -2.07. The van der Waals surface area contributed by atoms with Crippen LogP contribution >= 0.6 is 7.26 Å². The van der Waals surface area contributed by atoms with Crippen LogP contribution in [0.15, 0.2) is 124 Å². The van der Waals surface area contributed by atoms with Gasteiger partial charge in [-0.25, -0.2) is 0 Å². The van der Waals surface area contributed by atoms with Crippen LogP contribution in [0.1, 0.15) is 11.3 Å². The summed E-state index contributed by atoms with van der Waals surface area (Å²) in [7, 11) is -2.07. The second-order valence-corrected chi connectivity index (χ2v) is 11.4. The topological polar surface area (TPSA) is 54.0 Å². The second-order valence-electron chi connectivity index (χ2n) is 7.89. The summed E-state index contributed by atoms with van der Waals surface area (Å²) >= 11 is 0. The van der Waals surface area contributed by atoms with E-state index in [1.807, 2.05) is 42.5 Å². The first-order chi connectivity index (χ1) is 16.2. The van der Waals surface area contributed by atoms with Gasteiger partial charge in [0.2, 0.25) is 5.76 Å². The molecule has 4 aromatic carbocycles. The molecule has 166 valence electrons. The van der Waals surface area contributed by atoms with Gasteiger partial charge in [-0.15, -0.1) is 0 Å². The smallest absolute Gasteiger partial charge is 0.207 e. The van der Waals surface area contributed by atoms with E-state index in [-0.39, 0.29) is 28.2 Å². The van der Waals surface area contributed by atoms with Crippen molar-refractivity contribution in [1.82, 2.24) is 0 Å². The first-order valence-corrected chi connectivity index (χ1v) is 12.7. The second kappa shape index (κ2) is 10.2. The molecule has 0 fully saturated rings. The Morgan fingerprint density at radius 1 is 0.706 bits per heavy atom. The monoisotopic (exact) mass is 525 g/mol. The zero-order chi connectivity index (χ0) is 22.7. The molecule has 3 nitrogen and oxygen atoms in total. The average molecular weight is 526 g/mol. The van der Waals surface area contributed by atoms with E-state index in [1.54, 1.807) is 0 Å². The third-order valence-corrected chi connectivity index (χ3v) is 10.3. The van der Waals surface area contributed by atoms with E-state index in [4.69, 9.17) is 4.42 Å². The van der Waals surface area contributed by atoms with Crippen molar-refractivity contribution in [3.8, 4) is 6.07 Å². The number of hydrogen-bond donors (Lipinski definition) is 0. The summed E-state index contributed by atoms with van der Waals surface area (Å²) in [6, 6.07) is 40.9. The van der Waals surface area contributed by atoms with Crippen LogP contribution in [0.2, 0.25) is 0 Å². The lowest BCUT2D eigenvalue weighted by Crippen LogP contribution is -3.00. The Labute approximate surface area is 209 Å². The van der Waals surface area contributed by atoms with Gasteiger partial charge in [0.05, 0.1) is 11.5 Å². The fraction of sp³-hybridized carbons (Fsp3) is 0.0345. The summed E-state index contributed by atoms with van der Waals surface area (Å²) < 4.78 is 5.72. The SMILES string of the molecule is N#Cc1cc(=O)c2ccc(C[P+](c3ccccc3)(c3ccccc3)c3ccccc3)cc2o1.[Br-]. The highest BCUT2D eigenvalue weighted by atomic mass is 79.9. The van der Waals surface area contributed by atoms with Gasteiger partial charge in [-0.1, -0.05) is 60.7 Å². The Morgan fingerprint density at radius 2 is 1.21 bits per heavy atom. The highest BCUT2D eigenvalue weighted by Crippen LogP contribution is 2.58. The van der Waals surface area contributed by atoms with Gasteiger partial charge in [0.15, 0.2) is 5.43 Å². The van der Waals surface area contributed by atoms with Crippen molar-refractivity contribution < 1.29 is 21.4 Å². The first kappa shape index (κ1) is 23.6. The molecule has 0 saturated carbocycles. The van der Waals surface area contributed by atoms with Gasteiger partial charge in [-0.3, -0.25) is 4.79 Å². The van der Waals surface area contributed by atoms with Crippen molar-refractivity contribution in [2.45, 2.75) is 6.16 Å². The summed E-state index contributed by atoms with van der Waals surface area (Å²) in [6.07, 6.45) is 0.765. The van der Waals surface area contributed by atoms with Crippen LogP contribution in [0.3, 0.4) is 0 Å². The molecule has 0 saturated heterocycles. The fourth-order valence-electron chi connectivity index (χ4n) is 4.40. The van der Waals surface area contributed by atoms with Gasteiger partial charge < -0.3 is 21.4 Å². The summed E-state index contributed by atoms with van der Waals surface area (Å²) in [5.41, 5.74) is 1.31. The van der Waals surface area contributed by atoms with E-state index in [0.717, 1.165) is 11.7 Å². The van der Waals surface area contributed by atoms with Crippen LogP contribution in [-0.2, 0) is 6.16 Å². The Kier molecular flexibility index (Phi) is 7.08. The molecule has 0 aliphatic carbocycles. The Morgan fingerprint density at radius 3 is 1.68 bits per heavy atom. The van der Waals surface area contributed by atoms with E-state index < -0.39 is 7.26 Å². The molecule has 1 heterocycles. The van der Waals surface area contributed by atoms with Gasteiger partial charge in [-0.2, -0.15) is 5.26 Å². The molecule has 0 atom stereocenters. The van der Waals surface area contributed by atoms with E-state index in [0.29, 0.717) is 11.0 Å². The maximum atomic E-state index is 12.4. The Balaban J connectivity index is 0.00000274. The standard InChI is InChI=1S/C29H21NO2P.BrH/c30-20-23-19-28(31)27-17-16-22(18-29(27)32-23)21-33(24-10-4-1-5-11-24,25-12-6-2-7-13-25)26-14-8-3-9-15-26;/h1-19H,21H2;1H/q+1;/p-1. The number of rotatable bonds is 5. The highest BCUT2D eigenvalue weighted by Gasteiger charge is 2.45. The number of nitrogens with zero attached hydrogens (tertiary/aromatic N) is 1. The number of fused-ring (bicyclic) bond motifs is 1. The number of halogens is 1. The third-order valence-electron chi connectivity index (χ3n) is 5.91. The molecule has 0 bridgehead atoms. The van der Waals surface area contributed by atoms with Crippen molar-refractivity contribution in [3.05, 3.63) is 137 Å². The molecule has 0 amide bonds. The molecular formula is C29H21BrNO2P. The third kappa shape index (κ3) is 4.33. The minimum Gasteiger partial charge on any atom is -1.00 e. The lowest BCUT2D eigenvalue weighted by molar-refractivity contribution is -0.00000716. The van der Waals surface area contributed by atoms with Gasteiger partial charge >= 0.3 is 0 Å². The van der Waals surface area contributed by atoms with Crippen LogP contribution < -0.4 is 38.3 Å². The minimum absolute atomic E-state index is 0. The average Bonchev–Trinajstić information content (AvgIpc) is 2.88. The number of benzene rings is 4. The van der Waals surface area contributed by atoms with Gasteiger partial charge in [-0.05, 0) is 54.1 Å². The molecule has 0 radical (unpaired) electrons. The van der Waals surface area contributed by atoms with Crippen LogP contribution in [-0.4, -0.2) is 0 Å². The van der Waals surface area contributed by atoms with Crippen LogP contribution in [0.25, 0.3) is 11.0 Å². The highest BCUT2D eigenvalue weighted by molar-refractivity contribution is 7.95. The summed E-state index contributed by atoms with van der Waals surface area (Å²) in [4.78, 5) is 12.4.